The molecular formula is C15H21F2NO2. The van der Waals surface area contributed by atoms with Crippen LogP contribution < -0.4 is 0 Å². The summed E-state index contributed by atoms with van der Waals surface area (Å²) in [4.78, 5) is 2.21. The fourth-order valence-electron chi connectivity index (χ4n) is 2.63. The third-order valence-electron chi connectivity index (χ3n) is 3.95. The molecular weight excluding hydrogens is 264 g/mol. The molecule has 5 heteroatoms. The zero-order chi connectivity index (χ0) is 14.5. The first-order valence-electron chi connectivity index (χ1n) is 7.05. The number of halogens is 2. The van der Waals surface area contributed by atoms with Crippen LogP contribution in [0, 0.1) is 17.6 Å². The molecule has 1 aliphatic rings. The van der Waals surface area contributed by atoms with Crippen molar-refractivity contribution in [2.75, 3.05) is 26.2 Å². The molecule has 112 valence electrons. The van der Waals surface area contributed by atoms with E-state index in [1.807, 2.05) is 0 Å². The van der Waals surface area contributed by atoms with Crippen molar-refractivity contribution in [3.63, 3.8) is 0 Å². The van der Waals surface area contributed by atoms with Gasteiger partial charge in [-0.15, -0.1) is 0 Å². The van der Waals surface area contributed by atoms with Gasteiger partial charge >= 0.3 is 0 Å². The third-order valence-corrected chi connectivity index (χ3v) is 3.95. The Balaban J connectivity index is 1.81. The summed E-state index contributed by atoms with van der Waals surface area (Å²) < 4.78 is 26.2. The number of rotatable bonds is 5. The summed E-state index contributed by atoms with van der Waals surface area (Å²) in [6.07, 6.45) is 1.52. The first-order valence-corrected chi connectivity index (χ1v) is 7.05. The van der Waals surface area contributed by atoms with Crippen molar-refractivity contribution in [2.24, 2.45) is 5.92 Å². The van der Waals surface area contributed by atoms with Gasteiger partial charge in [-0.2, -0.15) is 0 Å². The summed E-state index contributed by atoms with van der Waals surface area (Å²) in [6, 6.07) is 3.15. The van der Waals surface area contributed by atoms with Crippen molar-refractivity contribution in [3.05, 3.63) is 35.4 Å². The molecule has 2 rings (SSSR count). The number of aliphatic hydroxyl groups excluding tert-OH is 2. The van der Waals surface area contributed by atoms with Crippen LogP contribution in [0.1, 0.15) is 30.9 Å². The van der Waals surface area contributed by atoms with Crippen molar-refractivity contribution >= 4 is 0 Å². The summed E-state index contributed by atoms with van der Waals surface area (Å²) in [5.74, 6) is -0.945. The molecule has 0 aromatic heterocycles. The molecule has 0 amide bonds. The lowest BCUT2D eigenvalue weighted by Gasteiger charge is -2.31. The average Bonchev–Trinajstić information content (AvgIpc) is 2.44. The van der Waals surface area contributed by atoms with Crippen LogP contribution in [0.15, 0.2) is 18.2 Å². The van der Waals surface area contributed by atoms with Crippen molar-refractivity contribution in [2.45, 2.75) is 25.4 Å². The molecule has 0 saturated carbocycles. The van der Waals surface area contributed by atoms with Crippen LogP contribution in [-0.4, -0.2) is 41.4 Å². The van der Waals surface area contributed by atoms with Crippen LogP contribution in [0.25, 0.3) is 0 Å². The van der Waals surface area contributed by atoms with Gasteiger partial charge in [0.15, 0.2) is 0 Å². The Bertz CT molecular complexity index is 414. The maximum absolute atomic E-state index is 13.1. The Morgan fingerprint density at radius 1 is 1.15 bits per heavy atom. The smallest absolute Gasteiger partial charge is 0.126 e. The molecule has 1 heterocycles. The molecule has 0 spiro atoms. The summed E-state index contributed by atoms with van der Waals surface area (Å²) in [5, 5.41) is 19.1. The molecule has 1 atom stereocenters. The highest BCUT2D eigenvalue weighted by Crippen LogP contribution is 2.21. The van der Waals surface area contributed by atoms with E-state index in [1.165, 1.54) is 12.1 Å². The first kappa shape index (κ1) is 15.4. The van der Waals surface area contributed by atoms with E-state index < -0.39 is 17.7 Å². The molecule has 0 aliphatic carbocycles. The van der Waals surface area contributed by atoms with Crippen LogP contribution in [0.4, 0.5) is 8.78 Å². The van der Waals surface area contributed by atoms with Gasteiger partial charge in [-0.3, -0.25) is 0 Å². The average molecular weight is 285 g/mol. The summed E-state index contributed by atoms with van der Waals surface area (Å²) in [5.41, 5.74) is 0.285. The Morgan fingerprint density at radius 2 is 1.75 bits per heavy atom. The molecule has 0 radical (unpaired) electrons. The predicted octanol–water partition coefficient (Wildman–Crippen LogP) is 2.09. The van der Waals surface area contributed by atoms with E-state index >= 15 is 0 Å². The monoisotopic (exact) mass is 285 g/mol. The van der Waals surface area contributed by atoms with E-state index in [9.17, 15) is 13.9 Å². The lowest BCUT2D eigenvalue weighted by Crippen LogP contribution is -2.35. The van der Waals surface area contributed by atoms with Gasteiger partial charge in [0, 0.05) is 19.2 Å². The van der Waals surface area contributed by atoms with Gasteiger partial charge in [0.1, 0.15) is 11.6 Å². The highest BCUT2D eigenvalue weighted by molar-refractivity contribution is 5.20. The third kappa shape index (κ3) is 4.23. The second-order valence-corrected chi connectivity index (χ2v) is 5.47. The molecule has 1 aromatic rings. The Kier molecular flexibility index (Phi) is 5.46. The number of likely N-dealkylation sites (tertiary alicyclic amines) is 1. The van der Waals surface area contributed by atoms with Crippen LogP contribution in [0.3, 0.4) is 0 Å². The van der Waals surface area contributed by atoms with Gasteiger partial charge in [-0.05, 0) is 56.0 Å². The van der Waals surface area contributed by atoms with E-state index in [0.717, 1.165) is 32.0 Å². The number of benzene rings is 1. The van der Waals surface area contributed by atoms with Crippen molar-refractivity contribution in [1.82, 2.24) is 4.90 Å². The van der Waals surface area contributed by atoms with Gasteiger partial charge < -0.3 is 15.1 Å². The minimum atomic E-state index is -0.851. The minimum Gasteiger partial charge on any atom is -0.396 e. The normalized spacial score (nSPS) is 19.2. The van der Waals surface area contributed by atoms with Gasteiger partial charge in [-0.1, -0.05) is 0 Å². The lowest BCUT2D eigenvalue weighted by molar-refractivity contribution is 0.105. The maximum atomic E-state index is 13.1. The molecule has 1 aromatic carbocycles. The van der Waals surface area contributed by atoms with Gasteiger partial charge in [0.25, 0.3) is 0 Å². The highest BCUT2D eigenvalue weighted by Gasteiger charge is 2.19. The Morgan fingerprint density at radius 3 is 2.30 bits per heavy atom. The molecule has 1 aliphatic heterocycles. The first-order chi connectivity index (χ1) is 9.58. The number of hydrogen-bond donors (Lipinski definition) is 2. The van der Waals surface area contributed by atoms with E-state index in [0.29, 0.717) is 18.9 Å². The van der Waals surface area contributed by atoms with Crippen molar-refractivity contribution in [1.29, 1.82) is 0 Å². The molecule has 1 saturated heterocycles. The number of nitrogens with zero attached hydrogens (tertiary/aromatic N) is 1. The SMILES string of the molecule is OCC1CCN(CCC(O)c2cc(F)cc(F)c2)CC1. The lowest BCUT2D eigenvalue weighted by atomic mass is 9.97. The van der Waals surface area contributed by atoms with Gasteiger partial charge in [-0.25, -0.2) is 8.78 Å². The zero-order valence-corrected chi connectivity index (χ0v) is 11.4. The fourth-order valence-corrected chi connectivity index (χ4v) is 2.63. The molecule has 1 fully saturated rings. The second-order valence-electron chi connectivity index (χ2n) is 5.47. The highest BCUT2D eigenvalue weighted by atomic mass is 19.1. The Labute approximate surface area is 117 Å². The number of hydrogen-bond acceptors (Lipinski definition) is 3. The molecule has 0 bridgehead atoms. The topological polar surface area (TPSA) is 43.7 Å². The van der Waals surface area contributed by atoms with E-state index in [1.54, 1.807) is 0 Å². The fraction of sp³-hybridized carbons (Fsp3) is 0.600. The minimum absolute atomic E-state index is 0.235. The standard InChI is InChI=1S/C15H21F2NO2/c16-13-7-12(8-14(17)9-13)15(20)3-6-18-4-1-11(10-19)2-5-18/h7-9,11,15,19-20H,1-6,10H2. The molecule has 1 unspecified atom stereocenters. The second kappa shape index (κ2) is 7.11. The summed E-state index contributed by atoms with van der Waals surface area (Å²) in [6.45, 7) is 2.72. The van der Waals surface area contributed by atoms with E-state index in [4.69, 9.17) is 5.11 Å². The van der Waals surface area contributed by atoms with Crippen LogP contribution >= 0.6 is 0 Å². The summed E-state index contributed by atoms with van der Waals surface area (Å²) in [7, 11) is 0. The molecule has 2 N–H and O–H groups in total. The molecule has 20 heavy (non-hydrogen) atoms. The maximum Gasteiger partial charge on any atom is 0.126 e. The van der Waals surface area contributed by atoms with Crippen molar-refractivity contribution in [3.8, 4) is 0 Å². The largest absolute Gasteiger partial charge is 0.396 e. The summed E-state index contributed by atoms with van der Waals surface area (Å²) >= 11 is 0. The Hall–Kier alpha value is -1.04. The number of piperidine rings is 1. The zero-order valence-electron chi connectivity index (χ0n) is 11.4. The molecule has 3 nitrogen and oxygen atoms in total. The quantitative estimate of drug-likeness (QED) is 0.870. The van der Waals surface area contributed by atoms with Crippen molar-refractivity contribution < 1.29 is 19.0 Å². The van der Waals surface area contributed by atoms with Crippen LogP contribution in [-0.2, 0) is 0 Å². The van der Waals surface area contributed by atoms with Gasteiger partial charge in [0.2, 0.25) is 0 Å². The van der Waals surface area contributed by atoms with Gasteiger partial charge in [0.05, 0.1) is 6.10 Å². The van der Waals surface area contributed by atoms with Crippen LogP contribution in [0.2, 0.25) is 0 Å². The predicted molar refractivity (Wildman–Crippen MR) is 72.2 cm³/mol. The number of aliphatic hydroxyl groups is 2. The van der Waals surface area contributed by atoms with E-state index in [2.05, 4.69) is 4.90 Å². The van der Waals surface area contributed by atoms with E-state index in [-0.39, 0.29) is 12.2 Å². The van der Waals surface area contributed by atoms with Crippen LogP contribution in [0.5, 0.6) is 0 Å².